The summed E-state index contributed by atoms with van der Waals surface area (Å²) in [6.07, 6.45) is 2.43. The standard InChI is InChI=1S/C13H28O2.C7H7OP/c1-11(2)7-8-13(9-14-5,10-15-6)12(3)4;1-6-2-4-7(9-8)5-3-6/h11-12H,7-10H2,1-6H3;2-5H,1H3. The molecule has 24 heavy (non-hydrogen) atoms. The van der Waals surface area contributed by atoms with Crippen LogP contribution in [-0.2, 0) is 14.0 Å². The summed E-state index contributed by atoms with van der Waals surface area (Å²) < 4.78 is 21.0. The van der Waals surface area contributed by atoms with Crippen molar-refractivity contribution in [1.82, 2.24) is 0 Å². The Morgan fingerprint density at radius 1 is 1.00 bits per heavy atom. The Balaban J connectivity index is 0.000000496. The highest BCUT2D eigenvalue weighted by Crippen LogP contribution is 2.34. The molecule has 0 fully saturated rings. The third-order valence-corrected chi connectivity index (χ3v) is 4.96. The van der Waals surface area contributed by atoms with Crippen molar-refractivity contribution in [3.8, 4) is 0 Å². The van der Waals surface area contributed by atoms with Crippen LogP contribution < -0.4 is 5.30 Å². The molecule has 0 atom stereocenters. The molecule has 1 rings (SSSR count). The number of methoxy groups -OCH3 is 2. The van der Waals surface area contributed by atoms with Crippen molar-refractivity contribution >= 4 is 13.8 Å². The zero-order chi connectivity index (χ0) is 18.6. The lowest BCUT2D eigenvalue weighted by molar-refractivity contribution is -0.0290. The van der Waals surface area contributed by atoms with Crippen molar-refractivity contribution in [2.24, 2.45) is 17.3 Å². The van der Waals surface area contributed by atoms with Gasteiger partial charge < -0.3 is 9.47 Å². The summed E-state index contributed by atoms with van der Waals surface area (Å²) in [6, 6.07) is 7.59. The molecule has 0 aliphatic rings. The minimum absolute atomic E-state index is 0.102. The van der Waals surface area contributed by atoms with E-state index in [0.717, 1.165) is 24.4 Å². The maximum Gasteiger partial charge on any atom is 0.192 e. The van der Waals surface area contributed by atoms with Gasteiger partial charge in [0.2, 0.25) is 0 Å². The molecule has 138 valence electrons. The van der Waals surface area contributed by atoms with Crippen molar-refractivity contribution in [2.75, 3.05) is 27.4 Å². The monoisotopic (exact) mass is 354 g/mol. The van der Waals surface area contributed by atoms with Crippen LogP contribution in [-0.4, -0.2) is 27.4 Å². The zero-order valence-electron chi connectivity index (χ0n) is 16.5. The van der Waals surface area contributed by atoms with Crippen LogP contribution in [0.5, 0.6) is 0 Å². The second-order valence-electron chi connectivity index (χ2n) is 7.24. The molecule has 0 spiro atoms. The van der Waals surface area contributed by atoms with Gasteiger partial charge >= 0.3 is 0 Å². The highest BCUT2D eigenvalue weighted by molar-refractivity contribution is 7.34. The van der Waals surface area contributed by atoms with Gasteiger partial charge in [0, 0.05) is 24.9 Å². The van der Waals surface area contributed by atoms with E-state index in [1.807, 2.05) is 31.2 Å². The Morgan fingerprint density at radius 2 is 1.50 bits per heavy atom. The van der Waals surface area contributed by atoms with Gasteiger partial charge in [-0.1, -0.05) is 51.8 Å². The molecule has 0 aliphatic heterocycles. The third kappa shape index (κ3) is 8.92. The highest BCUT2D eigenvalue weighted by Gasteiger charge is 2.33. The number of benzene rings is 1. The van der Waals surface area contributed by atoms with Crippen molar-refractivity contribution in [1.29, 1.82) is 0 Å². The maximum absolute atomic E-state index is 10.2. The second kappa shape index (κ2) is 12.6. The summed E-state index contributed by atoms with van der Waals surface area (Å²) in [5.41, 5.74) is 1.38. The summed E-state index contributed by atoms with van der Waals surface area (Å²) in [6.45, 7) is 12.7. The molecule has 1 aromatic rings. The van der Waals surface area contributed by atoms with Crippen molar-refractivity contribution in [2.45, 2.75) is 47.5 Å². The second-order valence-corrected chi connectivity index (χ2v) is 7.94. The van der Waals surface area contributed by atoms with Gasteiger partial charge in [-0.15, -0.1) is 0 Å². The van der Waals surface area contributed by atoms with Gasteiger partial charge in [-0.05, 0) is 37.3 Å². The number of hydrogen-bond donors (Lipinski definition) is 0. The van der Waals surface area contributed by atoms with E-state index in [4.69, 9.17) is 9.47 Å². The van der Waals surface area contributed by atoms with E-state index in [0.29, 0.717) is 5.92 Å². The predicted molar refractivity (Wildman–Crippen MR) is 104 cm³/mol. The molecule has 0 unspecified atom stereocenters. The van der Waals surface area contributed by atoms with Crippen LogP contribution in [0.25, 0.3) is 0 Å². The lowest BCUT2D eigenvalue weighted by Gasteiger charge is -2.37. The van der Waals surface area contributed by atoms with Crippen LogP contribution in [0.3, 0.4) is 0 Å². The predicted octanol–water partition coefficient (Wildman–Crippen LogP) is 5.27. The van der Waals surface area contributed by atoms with Crippen LogP contribution >= 0.6 is 8.46 Å². The van der Waals surface area contributed by atoms with Gasteiger partial charge in [0.05, 0.1) is 13.2 Å². The Morgan fingerprint density at radius 3 is 1.83 bits per heavy atom. The first-order valence-corrected chi connectivity index (χ1v) is 9.50. The number of rotatable bonds is 9. The largest absolute Gasteiger partial charge is 0.384 e. The summed E-state index contributed by atoms with van der Waals surface area (Å²) in [4.78, 5) is 0. The smallest absolute Gasteiger partial charge is 0.192 e. The van der Waals surface area contributed by atoms with Crippen molar-refractivity contribution < 1.29 is 14.0 Å². The van der Waals surface area contributed by atoms with E-state index in [1.54, 1.807) is 14.2 Å². The van der Waals surface area contributed by atoms with Crippen LogP contribution in [0.2, 0.25) is 0 Å². The molecule has 0 aromatic heterocycles. The SMILES string of the molecule is COCC(CCC(C)C)(COC)C(C)C.Cc1ccc(P=O)cc1. The summed E-state index contributed by atoms with van der Waals surface area (Å²) >= 11 is 0. The van der Waals surface area contributed by atoms with Crippen LogP contribution in [0.1, 0.15) is 46.1 Å². The van der Waals surface area contributed by atoms with Gasteiger partial charge in [-0.3, -0.25) is 4.57 Å². The van der Waals surface area contributed by atoms with E-state index in [-0.39, 0.29) is 13.9 Å². The van der Waals surface area contributed by atoms with Gasteiger partial charge in [0.15, 0.2) is 8.46 Å². The van der Waals surface area contributed by atoms with Crippen LogP contribution in [0.15, 0.2) is 24.3 Å². The minimum atomic E-state index is 0.102. The molecule has 0 heterocycles. The Bertz CT molecular complexity index is 435. The molecule has 0 N–H and O–H groups in total. The van der Waals surface area contributed by atoms with Crippen LogP contribution in [0, 0.1) is 24.2 Å². The molecular weight excluding hydrogens is 319 g/mol. The lowest BCUT2D eigenvalue weighted by atomic mass is 9.74. The fraction of sp³-hybridized carbons (Fsp3) is 0.700. The first-order chi connectivity index (χ1) is 11.3. The summed E-state index contributed by atoms with van der Waals surface area (Å²) in [5, 5.41) is 0.834. The number of hydrogen-bond acceptors (Lipinski definition) is 3. The average Bonchev–Trinajstić information content (AvgIpc) is 2.54. The van der Waals surface area contributed by atoms with E-state index in [9.17, 15) is 4.57 Å². The molecule has 0 aliphatic carbocycles. The summed E-state index contributed by atoms with van der Waals surface area (Å²) in [7, 11) is 3.66. The zero-order valence-corrected chi connectivity index (χ0v) is 17.4. The first-order valence-electron chi connectivity index (χ1n) is 8.69. The van der Waals surface area contributed by atoms with E-state index < -0.39 is 0 Å². The number of ether oxygens (including phenoxy) is 2. The summed E-state index contributed by atoms with van der Waals surface area (Å²) in [5.74, 6) is 1.34. The topological polar surface area (TPSA) is 35.5 Å². The number of aryl methyl sites for hydroxylation is 1. The maximum atomic E-state index is 10.2. The van der Waals surface area contributed by atoms with Crippen LogP contribution in [0.4, 0.5) is 0 Å². The third-order valence-electron chi connectivity index (χ3n) is 4.45. The van der Waals surface area contributed by atoms with Crippen molar-refractivity contribution in [3.63, 3.8) is 0 Å². The molecule has 3 nitrogen and oxygen atoms in total. The quantitative estimate of drug-likeness (QED) is 0.567. The minimum Gasteiger partial charge on any atom is -0.384 e. The molecule has 0 saturated heterocycles. The average molecular weight is 354 g/mol. The fourth-order valence-electron chi connectivity index (χ4n) is 2.56. The van der Waals surface area contributed by atoms with E-state index in [1.165, 1.54) is 18.4 Å². The molecule has 0 radical (unpaired) electrons. The highest BCUT2D eigenvalue weighted by atomic mass is 31.1. The Labute approximate surface area is 150 Å². The Kier molecular flexibility index (Phi) is 12.2. The normalized spacial score (nSPS) is 11.7. The molecule has 4 heteroatoms. The van der Waals surface area contributed by atoms with Crippen molar-refractivity contribution in [3.05, 3.63) is 29.8 Å². The fourth-order valence-corrected chi connectivity index (χ4v) is 2.84. The molecule has 0 amide bonds. The molecular formula is C20H35O3P. The van der Waals surface area contributed by atoms with E-state index in [2.05, 4.69) is 27.7 Å². The molecule has 1 aromatic carbocycles. The van der Waals surface area contributed by atoms with E-state index >= 15 is 0 Å². The molecule has 0 saturated carbocycles. The van der Waals surface area contributed by atoms with Gasteiger partial charge in [0.1, 0.15) is 0 Å². The van der Waals surface area contributed by atoms with Gasteiger partial charge in [-0.2, -0.15) is 0 Å². The van der Waals surface area contributed by atoms with Gasteiger partial charge in [-0.25, -0.2) is 0 Å². The molecule has 0 bridgehead atoms. The first kappa shape index (κ1) is 23.2. The Hall–Kier alpha value is -0.760. The van der Waals surface area contributed by atoms with Gasteiger partial charge in [0.25, 0.3) is 0 Å². The lowest BCUT2D eigenvalue weighted by Crippen LogP contribution is -2.37.